The van der Waals surface area contributed by atoms with Gasteiger partial charge in [0.15, 0.2) is 0 Å². The fourth-order valence-electron chi connectivity index (χ4n) is 1.38. The van der Waals surface area contributed by atoms with Crippen molar-refractivity contribution < 1.29 is 4.39 Å². The molecule has 1 aromatic rings. The second kappa shape index (κ2) is 6.39. The molecule has 1 unspecified atom stereocenters. The van der Waals surface area contributed by atoms with E-state index in [1.54, 1.807) is 23.9 Å². The highest BCUT2D eigenvalue weighted by Gasteiger charge is 2.09. The minimum atomic E-state index is -0.362. The average molecular weight is 238 g/mol. The molecule has 0 amide bonds. The Labute approximate surface area is 99.9 Å². The van der Waals surface area contributed by atoms with Crippen molar-refractivity contribution >= 4 is 17.4 Å². The number of hydrogen-bond donors (Lipinski definition) is 1. The molecule has 2 nitrogen and oxygen atoms in total. The minimum absolute atomic E-state index is 0.262. The highest BCUT2D eigenvalue weighted by atomic mass is 32.2. The van der Waals surface area contributed by atoms with Gasteiger partial charge in [-0.05, 0) is 30.9 Å². The van der Waals surface area contributed by atoms with E-state index in [2.05, 4.69) is 12.2 Å². The first-order valence-electron chi connectivity index (χ1n) is 5.16. The molecule has 0 saturated heterocycles. The Balaban J connectivity index is 2.77. The van der Waals surface area contributed by atoms with Gasteiger partial charge < -0.3 is 5.32 Å². The largest absolute Gasteiger partial charge is 0.379 e. The van der Waals surface area contributed by atoms with Crippen LogP contribution in [-0.2, 0) is 0 Å². The maximum Gasteiger partial charge on any atom is 0.147 e. The number of rotatable bonds is 5. The van der Waals surface area contributed by atoms with Crippen molar-refractivity contribution in [1.82, 2.24) is 0 Å². The smallest absolute Gasteiger partial charge is 0.147 e. The molecule has 1 atom stereocenters. The Morgan fingerprint density at radius 1 is 1.56 bits per heavy atom. The molecule has 86 valence electrons. The Kier molecular flexibility index (Phi) is 5.13. The molecule has 1 rings (SSSR count). The molecule has 4 heteroatoms. The Hall–Kier alpha value is -1.21. The first-order chi connectivity index (χ1) is 7.71. The molecule has 1 aromatic carbocycles. The van der Waals surface area contributed by atoms with Gasteiger partial charge >= 0.3 is 0 Å². The van der Waals surface area contributed by atoms with Gasteiger partial charge in [-0.3, -0.25) is 0 Å². The van der Waals surface area contributed by atoms with Crippen molar-refractivity contribution in [2.24, 2.45) is 0 Å². The topological polar surface area (TPSA) is 35.8 Å². The van der Waals surface area contributed by atoms with Crippen LogP contribution in [0.25, 0.3) is 0 Å². The van der Waals surface area contributed by atoms with Gasteiger partial charge in [0.05, 0.1) is 17.3 Å². The van der Waals surface area contributed by atoms with Crippen molar-refractivity contribution in [3.63, 3.8) is 0 Å². The SMILES string of the molecule is CCC(CSC)Nc1ccc(C#N)cc1F. The molecule has 1 N–H and O–H groups in total. The van der Waals surface area contributed by atoms with Gasteiger partial charge in [-0.25, -0.2) is 4.39 Å². The van der Waals surface area contributed by atoms with Crippen LogP contribution >= 0.6 is 11.8 Å². The second-order valence-electron chi connectivity index (χ2n) is 3.51. The lowest BCUT2D eigenvalue weighted by Gasteiger charge is -2.17. The van der Waals surface area contributed by atoms with E-state index < -0.39 is 0 Å². The molecule has 0 radical (unpaired) electrons. The van der Waals surface area contributed by atoms with Gasteiger partial charge in [-0.1, -0.05) is 6.92 Å². The van der Waals surface area contributed by atoms with Crippen LogP contribution < -0.4 is 5.32 Å². The molecule has 0 aliphatic heterocycles. The molecule has 0 aromatic heterocycles. The van der Waals surface area contributed by atoms with Crippen molar-refractivity contribution in [2.45, 2.75) is 19.4 Å². The lowest BCUT2D eigenvalue weighted by Crippen LogP contribution is -2.21. The molecule has 0 bridgehead atoms. The van der Waals surface area contributed by atoms with Crippen molar-refractivity contribution in [1.29, 1.82) is 5.26 Å². The van der Waals surface area contributed by atoms with E-state index in [-0.39, 0.29) is 11.9 Å². The van der Waals surface area contributed by atoms with E-state index in [0.717, 1.165) is 12.2 Å². The summed E-state index contributed by atoms with van der Waals surface area (Å²) in [4.78, 5) is 0. The number of hydrogen-bond acceptors (Lipinski definition) is 3. The normalized spacial score (nSPS) is 11.9. The zero-order valence-corrected chi connectivity index (χ0v) is 10.3. The third-order valence-corrected chi connectivity index (χ3v) is 3.05. The zero-order valence-electron chi connectivity index (χ0n) is 9.46. The summed E-state index contributed by atoms with van der Waals surface area (Å²) < 4.78 is 13.6. The van der Waals surface area contributed by atoms with Crippen LogP contribution in [0.1, 0.15) is 18.9 Å². The monoisotopic (exact) mass is 238 g/mol. The predicted molar refractivity (Wildman–Crippen MR) is 67.2 cm³/mol. The number of nitrogens with zero attached hydrogens (tertiary/aromatic N) is 1. The number of halogens is 1. The maximum absolute atomic E-state index is 13.6. The van der Waals surface area contributed by atoms with Crippen LogP contribution in [0.3, 0.4) is 0 Å². The number of nitriles is 1. The molecule has 0 heterocycles. The average Bonchev–Trinajstić information content (AvgIpc) is 2.30. The summed E-state index contributed by atoms with van der Waals surface area (Å²) in [6.07, 6.45) is 2.97. The summed E-state index contributed by atoms with van der Waals surface area (Å²) in [5.74, 6) is 0.578. The van der Waals surface area contributed by atoms with Crippen molar-refractivity contribution in [3.05, 3.63) is 29.6 Å². The standard InChI is InChI=1S/C12H15FN2S/c1-3-10(8-16-2)15-12-5-4-9(7-14)6-11(12)13/h4-6,10,15H,3,8H2,1-2H3. The van der Waals surface area contributed by atoms with E-state index in [1.165, 1.54) is 6.07 Å². The Bertz CT molecular complexity index is 387. The molecule has 0 fully saturated rings. The first-order valence-corrected chi connectivity index (χ1v) is 6.55. The van der Waals surface area contributed by atoms with E-state index in [9.17, 15) is 4.39 Å². The van der Waals surface area contributed by atoms with Crippen LogP contribution in [0.15, 0.2) is 18.2 Å². The lowest BCUT2D eigenvalue weighted by molar-refractivity contribution is 0.625. The van der Waals surface area contributed by atoms with E-state index in [0.29, 0.717) is 11.3 Å². The van der Waals surface area contributed by atoms with Gasteiger partial charge in [0.25, 0.3) is 0 Å². The molecular weight excluding hydrogens is 223 g/mol. The first kappa shape index (κ1) is 12.9. The highest BCUT2D eigenvalue weighted by Crippen LogP contribution is 2.18. The van der Waals surface area contributed by atoms with Gasteiger partial charge in [-0.15, -0.1) is 0 Å². The lowest BCUT2D eigenvalue weighted by atomic mass is 10.2. The van der Waals surface area contributed by atoms with Gasteiger partial charge in [0, 0.05) is 11.8 Å². The molecular formula is C12H15FN2S. The summed E-state index contributed by atoms with van der Waals surface area (Å²) in [7, 11) is 0. The fourth-order valence-corrected chi connectivity index (χ4v) is 2.11. The Morgan fingerprint density at radius 2 is 2.31 bits per heavy atom. The molecule has 0 aliphatic rings. The minimum Gasteiger partial charge on any atom is -0.379 e. The quantitative estimate of drug-likeness (QED) is 0.855. The summed E-state index contributed by atoms with van der Waals surface area (Å²) in [6.45, 7) is 2.06. The summed E-state index contributed by atoms with van der Waals surface area (Å²) in [5, 5.41) is 11.8. The Morgan fingerprint density at radius 3 is 2.81 bits per heavy atom. The third-order valence-electron chi connectivity index (χ3n) is 2.32. The van der Waals surface area contributed by atoms with Crippen LogP contribution in [0.4, 0.5) is 10.1 Å². The van der Waals surface area contributed by atoms with Gasteiger partial charge in [0.2, 0.25) is 0 Å². The summed E-state index contributed by atoms with van der Waals surface area (Å²) >= 11 is 1.73. The summed E-state index contributed by atoms with van der Waals surface area (Å²) in [6, 6.07) is 6.68. The molecule has 0 aliphatic carbocycles. The molecule has 0 spiro atoms. The van der Waals surface area contributed by atoms with Crippen molar-refractivity contribution in [2.75, 3.05) is 17.3 Å². The molecule has 0 saturated carbocycles. The van der Waals surface area contributed by atoms with Gasteiger partial charge in [-0.2, -0.15) is 17.0 Å². The second-order valence-corrected chi connectivity index (χ2v) is 4.42. The number of anilines is 1. The maximum atomic E-state index is 13.6. The number of benzene rings is 1. The summed E-state index contributed by atoms with van der Waals surface area (Å²) in [5.41, 5.74) is 0.820. The highest BCUT2D eigenvalue weighted by molar-refractivity contribution is 7.98. The number of nitrogens with one attached hydrogen (secondary N) is 1. The van der Waals surface area contributed by atoms with Crippen LogP contribution in [0.2, 0.25) is 0 Å². The predicted octanol–water partition coefficient (Wildman–Crippen LogP) is 3.25. The van der Waals surface area contributed by atoms with E-state index >= 15 is 0 Å². The van der Waals surface area contributed by atoms with Crippen LogP contribution in [-0.4, -0.2) is 18.1 Å². The van der Waals surface area contributed by atoms with E-state index in [4.69, 9.17) is 5.26 Å². The fraction of sp³-hybridized carbons (Fsp3) is 0.417. The van der Waals surface area contributed by atoms with Crippen LogP contribution in [0, 0.1) is 17.1 Å². The van der Waals surface area contributed by atoms with Gasteiger partial charge in [0.1, 0.15) is 5.82 Å². The van der Waals surface area contributed by atoms with E-state index in [1.807, 2.05) is 12.3 Å². The molecule has 16 heavy (non-hydrogen) atoms. The zero-order chi connectivity index (χ0) is 12.0. The van der Waals surface area contributed by atoms with Crippen molar-refractivity contribution in [3.8, 4) is 6.07 Å². The van der Waals surface area contributed by atoms with Crippen LogP contribution in [0.5, 0.6) is 0 Å². The third kappa shape index (κ3) is 3.42. The number of thioether (sulfide) groups is 1.